The van der Waals surface area contributed by atoms with Gasteiger partial charge < -0.3 is 8.98 Å². The predicted molar refractivity (Wildman–Crippen MR) is 268 cm³/mol. The summed E-state index contributed by atoms with van der Waals surface area (Å²) in [5, 5.41) is 7.26. The van der Waals surface area contributed by atoms with E-state index in [2.05, 4.69) is 217 Å². The van der Waals surface area contributed by atoms with Crippen LogP contribution in [-0.2, 0) is 5.41 Å². The van der Waals surface area contributed by atoms with Gasteiger partial charge in [-0.3, -0.25) is 0 Å². The number of fused-ring (bicyclic) bond motifs is 20. The van der Waals surface area contributed by atoms with Crippen LogP contribution in [0.1, 0.15) is 22.3 Å². The Morgan fingerprint density at radius 2 is 0.969 bits per heavy atom. The monoisotopic (exact) mass is 829 g/mol. The SMILES string of the molecule is c1ccc2c(c1)-c1ccccc1C21c2ccccc2-c2cc(-c3cc4c5ccccc5oc4c4c3c3ccccc3n4-c3ccc(-c4cccc5c4sc4ccccc45)cc3)ccc21. The molecule has 0 aliphatic heterocycles. The largest absolute Gasteiger partial charge is 0.454 e. The number of furan rings is 1. The number of hydrogen-bond donors (Lipinski definition) is 0. The number of aromatic nitrogens is 1. The normalized spacial score (nSPS) is 13.4. The lowest BCUT2D eigenvalue weighted by Gasteiger charge is -2.30. The van der Waals surface area contributed by atoms with Gasteiger partial charge in [0.25, 0.3) is 0 Å². The van der Waals surface area contributed by atoms with Crippen LogP contribution >= 0.6 is 11.3 Å². The molecule has 2 aliphatic carbocycles. The van der Waals surface area contributed by atoms with Gasteiger partial charge in [0.2, 0.25) is 0 Å². The fourth-order valence-electron chi connectivity index (χ4n) is 11.9. The number of hydrogen-bond acceptors (Lipinski definition) is 2. The number of benzene rings is 10. The third-order valence-electron chi connectivity index (χ3n) is 14.4. The summed E-state index contributed by atoms with van der Waals surface area (Å²) in [5.41, 5.74) is 20.2. The molecule has 0 saturated carbocycles. The first kappa shape index (κ1) is 34.6. The molecule has 0 radical (unpaired) electrons. The fraction of sp³-hybridized carbons (Fsp3) is 0.0164. The maximum Gasteiger partial charge on any atom is 0.160 e. The molecule has 0 saturated heterocycles. The fourth-order valence-corrected chi connectivity index (χ4v) is 13.1. The Balaban J connectivity index is 0.988. The average Bonchev–Trinajstić information content (AvgIpc) is 4.16. The topological polar surface area (TPSA) is 18.1 Å². The van der Waals surface area contributed by atoms with Crippen molar-refractivity contribution >= 4 is 75.3 Å². The molecule has 64 heavy (non-hydrogen) atoms. The molecule has 2 nitrogen and oxygen atoms in total. The van der Waals surface area contributed by atoms with Crippen molar-refractivity contribution < 1.29 is 4.42 Å². The molecule has 0 bridgehead atoms. The van der Waals surface area contributed by atoms with Gasteiger partial charge in [0.05, 0.1) is 16.4 Å². The summed E-state index contributed by atoms with van der Waals surface area (Å²) in [6, 6.07) is 78.8. The zero-order valence-electron chi connectivity index (χ0n) is 34.5. The first-order chi connectivity index (χ1) is 31.8. The van der Waals surface area contributed by atoms with Crippen LogP contribution in [0.5, 0.6) is 0 Å². The number of nitrogens with zero attached hydrogens (tertiary/aromatic N) is 1. The van der Waals surface area contributed by atoms with E-state index < -0.39 is 0 Å². The molecule has 13 aromatic rings. The van der Waals surface area contributed by atoms with E-state index in [0.717, 1.165) is 38.7 Å². The summed E-state index contributed by atoms with van der Waals surface area (Å²) in [4.78, 5) is 0. The number of rotatable bonds is 3. The van der Waals surface area contributed by atoms with Gasteiger partial charge >= 0.3 is 0 Å². The molecule has 0 N–H and O–H groups in total. The van der Waals surface area contributed by atoms with Gasteiger partial charge in [0.15, 0.2) is 5.58 Å². The van der Waals surface area contributed by atoms with Crippen LogP contribution in [0, 0.1) is 0 Å². The molecule has 3 heterocycles. The molecule has 296 valence electrons. The van der Waals surface area contributed by atoms with Crippen molar-refractivity contribution in [2.24, 2.45) is 0 Å². The lowest BCUT2D eigenvalue weighted by Crippen LogP contribution is -2.25. The van der Waals surface area contributed by atoms with Crippen LogP contribution in [0.15, 0.2) is 217 Å². The maximum atomic E-state index is 6.95. The van der Waals surface area contributed by atoms with Crippen LogP contribution in [-0.4, -0.2) is 4.57 Å². The summed E-state index contributed by atoms with van der Waals surface area (Å²) < 4.78 is 12.0. The minimum absolute atomic E-state index is 0.387. The summed E-state index contributed by atoms with van der Waals surface area (Å²) >= 11 is 1.88. The number of para-hydroxylation sites is 2. The zero-order valence-corrected chi connectivity index (χ0v) is 35.3. The summed E-state index contributed by atoms with van der Waals surface area (Å²) in [6.07, 6.45) is 0. The lowest BCUT2D eigenvalue weighted by atomic mass is 9.70. The molecule has 0 fully saturated rings. The molecule has 0 atom stereocenters. The highest BCUT2D eigenvalue weighted by atomic mass is 32.1. The van der Waals surface area contributed by atoms with Crippen molar-refractivity contribution in [2.45, 2.75) is 5.41 Å². The van der Waals surface area contributed by atoms with E-state index in [1.165, 1.54) is 97.7 Å². The van der Waals surface area contributed by atoms with Crippen molar-refractivity contribution in [3.63, 3.8) is 0 Å². The molecule has 3 aromatic heterocycles. The van der Waals surface area contributed by atoms with Crippen LogP contribution in [0.25, 0.3) is 114 Å². The van der Waals surface area contributed by atoms with Gasteiger partial charge in [-0.25, -0.2) is 0 Å². The molecule has 15 rings (SSSR count). The van der Waals surface area contributed by atoms with Crippen LogP contribution < -0.4 is 0 Å². The van der Waals surface area contributed by atoms with E-state index in [-0.39, 0.29) is 5.41 Å². The quantitative estimate of drug-likeness (QED) is 0.173. The van der Waals surface area contributed by atoms with Gasteiger partial charge in [-0.05, 0) is 109 Å². The Kier molecular flexibility index (Phi) is 6.79. The molecule has 10 aromatic carbocycles. The molecular weight excluding hydrogens is 795 g/mol. The van der Waals surface area contributed by atoms with Crippen LogP contribution in [0.3, 0.4) is 0 Å². The predicted octanol–water partition coefficient (Wildman–Crippen LogP) is 16.7. The Morgan fingerprint density at radius 3 is 1.73 bits per heavy atom. The van der Waals surface area contributed by atoms with Gasteiger partial charge in [-0.15, -0.1) is 11.3 Å². The van der Waals surface area contributed by atoms with Gasteiger partial charge in [-0.2, -0.15) is 0 Å². The smallest absolute Gasteiger partial charge is 0.160 e. The highest BCUT2D eigenvalue weighted by Gasteiger charge is 2.51. The Morgan fingerprint density at radius 1 is 0.391 bits per heavy atom. The highest BCUT2D eigenvalue weighted by Crippen LogP contribution is 2.63. The minimum atomic E-state index is -0.387. The van der Waals surface area contributed by atoms with Crippen LogP contribution in [0.4, 0.5) is 0 Å². The average molecular weight is 830 g/mol. The van der Waals surface area contributed by atoms with Crippen LogP contribution in [0.2, 0.25) is 0 Å². The molecule has 2 aliphatic rings. The van der Waals surface area contributed by atoms with Gasteiger partial charge in [-0.1, -0.05) is 170 Å². The van der Waals surface area contributed by atoms with E-state index >= 15 is 0 Å². The molecule has 0 amide bonds. The second kappa shape index (κ2) is 12.6. The lowest BCUT2D eigenvalue weighted by molar-refractivity contribution is 0.671. The molecular formula is C61H35NOS. The van der Waals surface area contributed by atoms with Crippen molar-refractivity contribution in [1.29, 1.82) is 0 Å². The van der Waals surface area contributed by atoms with E-state index in [1.54, 1.807) is 0 Å². The first-order valence-corrected chi connectivity index (χ1v) is 22.9. The Labute approximate surface area is 372 Å². The molecule has 0 unspecified atom stereocenters. The molecule has 3 heteroatoms. The van der Waals surface area contributed by atoms with Gasteiger partial charge in [0.1, 0.15) is 5.58 Å². The first-order valence-electron chi connectivity index (χ1n) is 22.1. The second-order valence-electron chi connectivity index (χ2n) is 17.4. The van der Waals surface area contributed by atoms with E-state index in [0.29, 0.717) is 0 Å². The van der Waals surface area contributed by atoms with Crippen molar-refractivity contribution in [2.75, 3.05) is 0 Å². The standard InChI is InChI=1S/C61H35NOS/c1-7-22-50-40(14-1)41-15-2-8-23-51(41)61(50)52-24-9-3-16-42(52)48-34-37(30-33-53(48)61)47-35-49-43-17-5-11-26-55(43)63-59(49)58-57(47)46-19-4-10-25-54(46)62(58)38-31-28-36(29-32-38)39-20-13-21-45-44-18-6-12-27-56(44)64-60(39)45/h1-35H. The van der Waals surface area contributed by atoms with Crippen molar-refractivity contribution in [3.8, 4) is 50.2 Å². The zero-order chi connectivity index (χ0) is 41.7. The maximum absolute atomic E-state index is 6.95. The van der Waals surface area contributed by atoms with Crippen molar-refractivity contribution in [3.05, 3.63) is 235 Å². The second-order valence-corrected chi connectivity index (χ2v) is 18.5. The molecule has 1 spiro atoms. The third-order valence-corrected chi connectivity index (χ3v) is 15.7. The Hall–Kier alpha value is -7.98. The summed E-state index contributed by atoms with van der Waals surface area (Å²) in [6.45, 7) is 0. The van der Waals surface area contributed by atoms with E-state index in [4.69, 9.17) is 4.42 Å². The minimum Gasteiger partial charge on any atom is -0.454 e. The Bertz CT molecular complexity index is 4090. The number of thiophene rings is 1. The van der Waals surface area contributed by atoms with Gasteiger partial charge in [0, 0.05) is 47.4 Å². The summed E-state index contributed by atoms with van der Waals surface area (Å²) in [7, 11) is 0. The van der Waals surface area contributed by atoms with E-state index in [1.807, 2.05) is 11.3 Å². The third kappa shape index (κ3) is 4.34. The van der Waals surface area contributed by atoms with E-state index in [9.17, 15) is 0 Å². The van der Waals surface area contributed by atoms with Crippen molar-refractivity contribution in [1.82, 2.24) is 4.57 Å². The highest BCUT2D eigenvalue weighted by molar-refractivity contribution is 7.26. The summed E-state index contributed by atoms with van der Waals surface area (Å²) in [5.74, 6) is 0.